The predicted molar refractivity (Wildman–Crippen MR) is 103 cm³/mol. The molecule has 0 radical (unpaired) electrons. The van der Waals surface area contributed by atoms with E-state index in [4.69, 9.17) is 9.47 Å². The van der Waals surface area contributed by atoms with Gasteiger partial charge in [-0.1, -0.05) is 0 Å². The van der Waals surface area contributed by atoms with Gasteiger partial charge >= 0.3 is 11.9 Å². The van der Waals surface area contributed by atoms with E-state index >= 15 is 0 Å². The first kappa shape index (κ1) is 20.3. The summed E-state index contributed by atoms with van der Waals surface area (Å²) in [4.78, 5) is 27.7. The van der Waals surface area contributed by atoms with Crippen LogP contribution in [0.3, 0.4) is 0 Å². The zero-order chi connectivity index (χ0) is 20.0. The normalized spacial score (nSPS) is 11.4. The molecular weight excluding hydrogens is 348 g/mol. The molecule has 0 aliphatic rings. The summed E-state index contributed by atoms with van der Waals surface area (Å²) in [5.74, 6) is -1.00. The highest BCUT2D eigenvalue weighted by atomic mass is 16.6. The summed E-state index contributed by atoms with van der Waals surface area (Å²) in [5.41, 5.74) is 1.90. The topological polar surface area (TPSA) is 79.3 Å². The number of carbonyl (C=O) groups excluding carboxylic acids is 2. The molecule has 0 bridgehead atoms. The van der Waals surface area contributed by atoms with Crippen molar-refractivity contribution in [1.82, 2.24) is 0 Å². The van der Waals surface area contributed by atoms with Crippen LogP contribution >= 0.6 is 0 Å². The monoisotopic (exact) mass is 372 g/mol. The van der Waals surface area contributed by atoms with Crippen LogP contribution < -0.4 is 19.3 Å². The highest BCUT2D eigenvalue weighted by molar-refractivity contribution is 5.83. The summed E-state index contributed by atoms with van der Waals surface area (Å²) in [6, 6.07) is 13.7. The van der Waals surface area contributed by atoms with Gasteiger partial charge in [-0.25, -0.2) is 4.79 Å². The summed E-state index contributed by atoms with van der Waals surface area (Å²) >= 11 is 0. The Morgan fingerprint density at radius 3 is 1.63 bits per heavy atom. The van der Waals surface area contributed by atoms with Gasteiger partial charge in [0.2, 0.25) is 0 Å². The standard InChI is InChI=1S/C20H24N2O5/c1-21(2)14-5-9-16(10-6-14)26-19(24)13-18(23)20(25)27-17-11-7-15(8-12-17)22(3)4/h5-12,18,23H,13H2,1-4H3. The highest BCUT2D eigenvalue weighted by Gasteiger charge is 2.22. The molecule has 27 heavy (non-hydrogen) atoms. The van der Waals surface area contributed by atoms with Crippen LogP contribution in [0.4, 0.5) is 11.4 Å². The molecule has 7 nitrogen and oxygen atoms in total. The van der Waals surface area contributed by atoms with Crippen molar-refractivity contribution in [1.29, 1.82) is 0 Å². The van der Waals surface area contributed by atoms with E-state index in [1.807, 2.05) is 38.0 Å². The molecule has 0 fully saturated rings. The van der Waals surface area contributed by atoms with Gasteiger partial charge in [-0.3, -0.25) is 4.79 Å². The number of hydrogen-bond donors (Lipinski definition) is 1. The van der Waals surface area contributed by atoms with Crippen LogP contribution in [0.1, 0.15) is 6.42 Å². The number of carbonyl (C=O) groups is 2. The Hall–Kier alpha value is -3.06. The molecule has 2 rings (SSSR count). The van der Waals surface area contributed by atoms with E-state index in [0.29, 0.717) is 5.75 Å². The maximum absolute atomic E-state index is 11.9. The molecule has 2 aromatic rings. The van der Waals surface area contributed by atoms with Gasteiger partial charge in [0, 0.05) is 39.6 Å². The van der Waals surface area contributed by atoms with Crippen molar-refractivity contribution >= 4 is 23.3 Å². The molecule has 1 N–H and O–H groups in total. The van der Waals surface area contributed by atoms with Crippen molar-refractivity contribution in [3.05, 3.63) is 48.5 Å². The molecule has 2 aromatic carbocycles. The van der Waals surface area contributed by atoms with Crippen molar-refractivity contribution in [2.45, 2.75) is 12.5 Å². The minimum Gasteiger partial charge on any atom is -0.426 e. The lowest BCUT2D eigenvalue weighted by Crippen LogP contribution is -2.29. The number of nitrogens with zero attached hydrogens (tertiary/aromatic N) is 2. The first-order valence-electron chi connectivity index (χ1n) is 8.41. The lowest BCUT2D eigenvalue weighted by molar-refractivity contribution is -0.149. The number of aliphatic hydroxyl groups is 1. The second-order valence-corrected chi connectivity index (χ2v) is 6.39. The minimum absolute atomic E-state index is 0.289. The smallest absolute Gasteiger partial charge is 0.340 e. The second-order valence-electron chi connectivity index (χ2n) is 6.39. The number of esters is 2. The average molecular weight is 372 g/mol. The molecule has 1 unspecified atom stereocenters. The van der Waals surface area contributed by atoms with Gasteiger partial charge in [0.05, 0.1) is 6.42 Å². The van der Waals surface area contributed by atoms with E-state index in [9.17, 15) is 14.7 Å². The van der Waals surface area contributed by atoms with Gasteiger partial charge in [-0.2, -0.15) is 0 Å². The molecular formula is C20H24N2O5. The van der Waals surface area contributed by atoms with Crippen molar-refractivity contribution in [2.24, 2.45) is 0 Å². The quantitative estimate of drug-likeness (QED) is 0.589. The van der Waals surface area contributed by atoms with Crippen LogP contribution in [0.5, 0.6) is 11.5 Å². The molecule has 1 atom stereocenters. The van der Waals surface area contributed by atoms with E-state index in [1.54, 1.807) is 48.5 Å². The first-order chi connectivity index (χ1) is 12.8. The lowest BCUT2D eigenvalue weighted by atomic mass is 10.2. The number of hydrogen-bond acceptors (Lipinski definition) is 7. The van der Waals surface area contributed by atoms with Gasteiger partial charge in [0.15, 0.2) is 6.10 Å². The number of benzene rings is 2. The molecule has 0 aliphatic carbocycles. The Balaban J connectivity index is 1.86. The predicted octanol–water partition coefficient (Wildman–Crippen LogP) is 2.08. The molecule has 144 valence electrons. The minimum atomic E-state index is -1.60. The van der Waals surface area contributed by atoms with Gasteiger partial charge < -0.3 is 24.4 Å². The SMILES string of the molecule is CN(C)c1ccc(OC(=O)CC(O)C(=O)Oc2ccc(N(C)C)cc2)cc1. The Morgan fingerprint density at radius 1 is 0.815 bits per heavy atom. The number of aliphatic hydroxyl groups excluding tert-OH is 1. The Morgan fingerprint density at radius 2 is 1.22 bits per heavy atom. The van der Waals surface area contributed by atoms with Crippen LogP contribution in [0, 0.1) is 0 Å². The Kier molecular flexibility index (Phi) is 6.79. The maximum Gasteiger partial charge on any atom is 0.340 e. The van der Waals surface area contributed by atoms with Gasteiger partial charge in [-0.15, -0.1) is 0 Å². The molecule has 0 saturated heterocycles. The summed E-state index contributed by atoms with van der Waals surface area (Å²) in [6.07, 6.45) is -2.10. The largest absolute Gasteiger partial charge is 0.426 e. The molecule has 0 amide bonds. The van der Waals surface area contributed by atoms with Gasteiger partial charge in [0.1, 0.15) is 11.5 Å². The van der Waals surface area contributed by atoms with Crippen LogP contribution in [0.15, 0.2) is 48.5 Å². The third kappa shape index (κ3) is 6.00. The maximum atomic E-state index is 11.9. The van der Waals surface area contributed by atoms with E-state index < -0.39 is 24.5 Å². The van der Waals surface area contributed by atoms with Crippen LogP contribution in [-0.2, 0) is 9.59 Å². The fraction of sp³-hybridized carbons (Fsp3) is 0.300. The van der Waals surface area contributed by atoms with E-state index in [-0.39, 0.29) is 5.75 Å². The fourth-order valence-electron chi connectivity index (χ4n) is 2.22. The fourth-order valence-corrected chi connectivity index (χ4v) is 2.22. The summed E-state index contributed by atoms with van der Waals surface area (Å²) in [7, 11) is 7.59. The number of rotatable bonds is 7. The third-order valence-electron chi connectivity index (χ3n) is 3.79. The highest BCUT2D eigenvalue weighted by Crippen LogP contribution is 2.19. The third-order valence-corrected chi connectivity index (χ3v) is 3.79. The van der Waals surface area contributed by atoms with Crippen LogP contribution in [0.25, 0.3) is 0 Å². The molecule has 0 spiro atoms. The number of ether oxygens (including phenoxy) is 2. The molecule has 0 aromatic heterocycles. The molecule has 0 aliphatic heterocycles. The van der Waals surface area contributed by atoms with Gasteiger partial charge in [0.25, 0.3) is 0 Å². The zero-order valence-electron chi connectivity index (χ0n) is 15.9. The van der Waals surface area contributed by atoms with Crippen molar-refractivity contribution in [2.75, 3.05) is 38.0 Å². The van der Waals surface area contributed by atoms with Crippen LogP contribution in [-0.4, -0.2) is 51.3 Å². The van der Waals surface area contributed by atoms with E-state index in [2.05, 4.69) is 0 Å². The Bertz CT molecular complexity index is 770. The van der Waals surface area contributed by atoms with Crippen molar-refractivity contribution in [3.63, 3.8) is 0 Å². The van der Waals surface area contributed by atoms with Gasteiger partial charge in [-0.05, 0) is 48.5 Å². The molecule has 0 heterocycles. The van der Waals surface area contributed by atoms with Crippen molar-refractivity contribution < 1.29 is 24.2 Å². The lowest BCUT2D eigenvalue weighted by Gasteiger charge is -2.14. The molecule has 7 heteroatoms. The zero-order valence-corrected chi connectivity index (χ0v) is 15.9. The van der Waals surface area contributed by atoms with Crippen LogP contribution in [0.2, 0.25) is 0 Å². The summed E-state index contributed by atoms with van der Waals surface area (Å²) in [5, 5.41) is 9.90. The molecule has 0 saturated carbocycles. The summed E-state index contributed by atoms with van der Waals surface area (Å²) in [6.45, 7) is 0. The first-order valence-corrected chi connectivity index (χ1v) is 8.41. The Labute approximate surface area is 158 Å². The second kappa shape index (κ2) is 9.05. The summed E-state index contributed by atoms with van der Waals surface area (Å²) < 4.78 is 10.2. The van der Waals surface area contributed by atoms with E-state index in [0.717, 1.165) is 11.4 Å². The van der Waals surface area contributed by atoms with Crippen molar-refractivity contribution in [3.8, 4) is 11.5 Å². The van der Waals surface area contributed by atoms with E-state index in [1.165, 1.54) is 0 Å². The average Bonchev–Trinajstić information content (AvgIpc) is 2.62. The number of anilines is 2.